The van der Waals surface area contributed by atoms with Gasteiger partial charge in [0, 0.05) is 11.1 Å². The van der Waals surface area contributed by atoms with Gasteiger partial charge in [-0.25, -0.2) is 4.68 Å². The van der Waals surface area contributed by atoms with E-state index in [2.05, 4.69) is 15.6 Å². The smallest absolute Gasteiger partial charge is 0.251 e. The largest absolute Gasteiger partial charge is 0.370 e. The van der Waals surface area contributed by atoms with Gasteiger partial charge < -0.3 is 19.5 Å². The maximum Gasteiger partial charge on any atom is 0.251 e. The van der Waals surface area contributed by atoms with Crippen LogP contribution in [0.5, 0.6) is 0 Å². The molecule has 3 heterocycles. The molecule has 2 aliphatic rings. The average molecular weight is 434 g/mol. The van der Waals surface area contributed by atoms with Crippen molar-refractivity contribution in [3.8, 4) is 11.3 Å². The zero-order valence-electron chi connectivity index (χ0n) is 18.1. The Bertz CT molecular complexity index is 1090. The fraction of sp³-hybridized carbons (Fsp3) is 0.375. The molecule has 2 saturated heterocycles. The Hall–Kier alpha value is -3.07. The summed E-state index contributed by atoms with van der Waals surface area (Å²) in [4.78, 5) is 12.6. The van der Waals surface area contributed by atoms with Gasteiger partial charge >= 0.3 is 0 Å². The van der Waals surface area contributed by atoms with Crippen molar-refractivity contribution < 1.29 is 19.0 Å². The lowest BCUT2D eigenvalue weighted by molar-refractivity contribution is -0.190. The van der Waals surface area contributed by atoms with Gasteiger partial charge in [-0.1, -0.05) is 53.7 Å². The van der Waals surface area contributed by atoms with Crippen molar-refractivity contribution in [2.24, 2.45) is 0 Å². The van der Waals surface area contributed by atoms with Crippen molar-refractivity contribution in [1.82, 2.24) is 20.3 Å². The molecule has 0 unspecified atom stereocenters. The van der Waals surface area contributed by atoms with Crippen LogP contribution >= 0.6 is 0 Å². The molecule has 1 aromatic heterocycles. The first-order valence-corrected chi connectivity index (χ1v) is 10.7. The van der Waals surface area contributed by atoms with Crippen LogP contribution in [0.4, 0.5) is 0 Å². The van der Waals surface area contributed by atoms with Gasteiger partial charge in [-0.05, 0) is 26.0 Å². The molecule has 3 aromatic rings. The summed E-state index contributed by atoms with van der Waals surface area (Å²) in [7, 11) is 0. The molecule has 5 rings (SSSR count). The molecule has 166 valence electrons. The minimum atomic E-state index is -0.776. The van der Waals surface area contributed by atoms with Gasteiger partial charge in [-0.3, -0.25) is 4.79 Å². The maximum absolute atomic E-state index is 12.6. The standard InChI is InChI=1S/C24H26N4O4/c1-23(2)31-21-20(14-28-13-19(26-27-28)17-9-5-3-6-10-17)30-16-24(21,32-23)15-25-22(29)18-11-7-4-8-12-18/h3-13,20-21H,14-16H2,1-2H3,(H,25,29)/t20-,21-,24+/m1/s1. The highest BCUT2D eigenvalue weighted by molar-refractivity contribution is 5.94. The van der Waals surface area contributed by atoms with Gasteiger partial charge in [-0.15, -0.1) is 5.10 Å². The first kappa shape index (κ1) is 20.8. The van der Waals surface area contributed by atoms with Gasteiger partial charge in [0.2, 0.25) is 0 Å². The molecule has 2 fully saturated rings. The van der Waals surface area contributed by atoms with E-state index < -0.39 is 11.4 Å². The first-order valence-electron chi connectivity index (χ1n) is 10.7. The summed E-state index contributed by atoms with van der Waals surface area (Å²) >= 11 is 0. The van der Waals surface area contributed by atoms with Crippen LogP contribution in [0, 0.1) is 0 Å². The number of hydrogen-bond acceptors (Lipinski definition) is 6. The third-order valence-electron chi connectivity index (χ3n) is 5.82. The summed E-state index contributed by atoms with van der Waals surface area (Å²) in [5, 5.41) is 11.5. The minimum Gasteiger partial charge on any atom is -0.370 e. The van der Waals surface area contributed by atoms with E-state index in [0.717, 1.165) is 11.3 Å². The lowest BCUT2D eigenvalue weighted by Crippen LogP contribution is -2.51. The lowest BCUT2D eigenvalue weighted by atomic mass is 9.96. The Kier molecular flexibility index (Phi) is 5.28. The van der Waals surface area contributed by atoms with Crippen LogP contribution < -0.4 is 5.32 Å². The summed E-state index contributed by atoms with van der Waals surface area (Å²) in [6, 6.07) is 19.0. The number of rotatable bonds is 6. The Morgan fingerprint density at radius 2 is 1.84 bits per heavy atom. The van der Waals surface area contributed by atoms with Crippen LogP contribution in [0.15, 0.2) is 66.9 Å². The summed E-state index contributed by atoms with van der Waals surface area (Å²) < 4.78 is 20.4. The van der Waals surface area contributed by atoms with Crippen LogP contribution in [0.1, 0.15) is 24.2 Å². The summed E-state index contributed by atoms with van der Waals surface area (Å²) in [6.45, 7) is 4.84. The van der Waals surface area contributed by atoms with Crippen LogP contribution in [0.3, 0.4) is 0 Å². The molecule has 0 aliphatic carbocycles. The van der Waals surface area contributed by atoms with E-state index in [0.29, 0.717) is 18.7 Å². The molecular formula is C24H26N4O4. The molecule has 8 nitrogen and oxygen atoms in total. The number of benzene rings is 2. The average Bonchev–Trinajstić information content (AvgIpc) is 3.46. The highest BCUT2D eigenvalue weighted by Crippen LogP contribution is 2.43. The third-order valence-corrected chi connectivity index (χ3v) is 5.82. The van der Waals surface area contributed by atoms with Crippen molar-refractivity contribution in [3.63, 3.8) is 0 Å². The van der Waals surface area contributed by atoms with E-state index in [4.69, 9.17) is 14.2 Å². The van der Waals surface area contributed by atoms with E-state index in [1.54, 1.807) is 16.8 Å². The summed E-state index contributed by atoms with van der Waals surface area (Å²) in [5.74, 6) is -0.930. The Labute approximate surface area is 186 Å². The Morgan fingerprint density at radius 1 is 1.12 bits per heavy atom. The maximum atomic E-state index is 12.6. The predicted molar refractivity (Wildman–Crippen MR) is 117 cm³/mol. The zero-order valence-corrected chi connectivity index (χ0v) is 18.1. The Morgan fingerprint density at radius 3 is 2.59 bits per heavy atom. The highest BCUT2D eigenvalue weighted by Gasteiger charge is 2.61. The summed E-state index contributed by atoms with van der Waals surface area (Å²) in [5.41, 5.74) is 1.64. The van der Waals surface area contributed by atoms with Gasteiger partial charge in [0.15, 0.2) is 5.79 Å². The zero-order chi connectivity index (χ0) is 22.2. The predicted octanol–water partition coefficient (Wildman–Crippen LogP) is 2.66. The number of nitrogens with one attached hydrogen (secondary N) is 1. The van der Waals surface area contributed by atoms with Gasteiger partial charge in [0.05, 0.1) is 25.9 Å². The number of aromatic nitrogens is 3. The molecule has 32 heavy (non-hydrogen) atoms. The van der Waals surface area contributed by atoms with Gasteiger partial charge in [0.25, 0.3) is 5.91 Å². The van der Waals surface area contributed by atoms with E-state index in [1.165, 1.54) is 0 Å². The number of carbonyl (C=O) groups is 1. The van der Waals surface area contributed by atoms with Crippen molar-refractivity contribution >= 4 is 5.91 Å². The number of nitrogens with zero attached hydrogens (tertiary/aromatic N) is 3. The van der Waals surface area contributed by atoms with Crippen molar-refractivity contribution in [2.45, 2.75) is 44.0 Å². The SMILES string of the molecule is CC1(C)O[C@@H]2[C@@H](Cn3cc(-c4ccccc4)nn3)OC[C@]2(CNC(=O)c2ccccc2)O1. The number of carbonyl (C=O) groups excluding carboxylic acids is 1. The number of hydrogen-bond donors (Lipinski definition) is 1. The Balaban J connectivity index is 1.30. The first-order chi connectivity index (χ1) is 15.4. The van der Waals surface area contributed by atoms with Crippen LogP contribution in [-0.4, -0.2) is 57.6 Å². The highest BCUT2D eigenvalue weighted by atomic mass is 16.8. The molecular weight excluding hydrogens is 408 g/mol. The van der Waals surface area contributed by atoms with Gasteiger partial charge in [0.1, 0.15) is 23.5 Å². The minimum absolute atomic E-state index is 0.153. The molecule has 2 aromatic carbocycles. The van der Waals surface area contributed by atoms with E-state index in [9.17, 15) is 4.79 Å². The second-order valence-electron chi connectivity index (χ2n) is 8.70. The fourth-order valence-electron chi connectivity index (χ4n) is 4.42. The topological polar surface area (TPSA) is 87.5 Å². The molecule has 2 aliphatic heterocycles. The molecule has 0 spiro atoms. The van der Waals surface area contributed by atoms with Crippen molar-refractivity contribution in [1.29, 1.82) is 0 Å². The van der Waals surface area contributed by atoms with Gasteiger partial charge in [-0.2, -0.15) is 0 Å². The second kappa shape index (κ2) is 8.12. The van der Waals surface area contributed by atoms with Crippen LogP contribution in [0.25, 0.3) is 11.3 Å². The monoisotopic (exact) mass is 434 g/mol. The third kappa shape index (κ3) is 4.04. The molecule has 3 atom stereocenters. The molecule has 1 amide bonds. The summed E-state index contributed by atoms with van der Waals surface area (Å²) in [6.07, 6.45) is 1.27. The quantitative estimate of drug-likeness (QED) is 0.642. The van der Waals surface area contributed by atoms with E-state index in [1.807, 2.05) is 68.6 Å². The molecule has 0 saturated carbocycles. The molecule has 1 N–H and O–H groups in total. The number of fused-ring (bicyclic) bond motifs is 1. The van der Waals surface area contributed by atoms with Crippen LogP contribution in [-0.2, 0) is 20.8 Å². The second-order valence-corrected chi connectivity index (χ2v) is 8.70. The van der Waals surface area contributed by atoms with Crippen LogP contribution in [0.2, 0.25) is 0 Å². The molecule has 0 bridgehead atoms. The van der Waals surface area contributed by atoms with Crippen molar-refractivity contribution in [2.75, 3.05) is 13.2 Å². The number of amides is 1. The van der Waals surface area contributed by atoms with Crippen molar-refractivity contribution in [3.05, 3.63) is 72.4 Å². The molecule has 8 heteroatoms. The molecule has 0 radical (unpaired) electrons. The normalized spacial score (nSPS) is 26.1. The fourth-order valence-corrected chi connectivity index (χ4v) is 4.42. The lowest BCUT2D eigenvalue weighted by Gasteiger charge is -2.27. The van der Waals surface area contributed by atoms with E-state index in [-0.39, 0.29) is 24.7 Å². The number of ether oxygens (including phenoxy) is 3. The van der Waals surface area contributed by atoms with E-state index >= 15 is 0 Å².